The molecule has 0 spiro atoms. The Hall–Kier alpha value is -2.71. The highest BCUT2D eigenvalue weighted by molar-refractivity contribution is 9.10. The number of hydrogen-bond acceptors (Lipinski definition) is 5. The van der Waals surface area contributed by atoms with Gasteiger partial charge in [0, 0.05) is 24.4 Å². The first-order valence-electron chi connectivity index (χ1n) is 8.65. The Morgan fingerprint density at radius 2 is 2.03 bits per heavy atom. The number of carbonyl (C=O) groups is 2. The second kappa shape index (κ2) is 8.75. The van der Waals surface area contributed by atoms with Gasteiger partial charge >= 0.3 is 6.09 Å². The molecule has 0 unspecified atom stereocenters. The van der Waals surface area contributed by atoms with Crippen molar-refractivity contribution >= 4 is 45.1 Å². The fourth-order valence-electron chi connectivity index (χ4n) is 3.00. The van der Waals surface area contributed by atoms with Gasteiger partial charge in [0.2, 0.25) is 0 Å². The Kier molecular flexibility index (Phi) is 6.34. The fraction of sp³-hybridized carbons (Fsp3) is 0.200. The Balaban J connectivity index is 2.00. The zero-order chi connectivity index (χ0) is 21.1. The van der Waals surface area contributed by atoms with Gasteiger partial charge in [-0.05, 0) is 64.7 Å². The van der Waals surface area contributed by atoms with Gasteiger partial charge in [0.25, 0.3) is 0 Å². The standard InChI is InChI=1S/C20H18BrClN4O3/c1-11-7-12(2)13(15(8-11)24-20(28)29-3)9-17(27)16-10-18(21)25-26(16)19-14(22)5-4-6-23-19/h4-8,10H,9H2,1-3H3,(H,24,28). The Labute approximate surface area is 181 Å². The molecule has 2 heterocycles. The number of amides is 1. The van der Waals surface area contributed by atoms with E-state index in [0.29, 0.717) is 32.4 Å². The summed E-state index contributed by atoms with van der Waals surface area (Å²) < 4.78 is 6.58. The third-order valence-corrected chi connectivity index (χ3v) is 4.96. The first-order valence-corrected chi connectivity index (χ1v) is 9.82. The highest BCUT2D eigenvalue weighted by Crippen LogP contribution is 2.26. The van der Waals surface area contributed by atoms with Crippen molar-refractivity contribution in [1.82, 2.24) is 14.8 Å². The molecule has 0 saturated heterocycles. The summed E-state index contributed by atoms with van der Waals surface area (Å²) in [5.74, 6) is 0.154. The molecule has 3 rings (SSSR count). The Morgan fingerprint density at radius 3 is 2.72 bits per heavy atom. The molecule has 0 bridgehead atoms. The third kappa shape index (κ3) is 4.65. The zero-order valence-electron chi connectivity index (χ0n) is 16.0. The molecule has 0 saturated carbocycles. The van der Waals surface area contributed by atoms with Crippen molar-refractivity contribution in [3.8, 4) is 5.82 Å². The molecule has 0 fully saturated rings. The minimum absolute atomic E-state index is 0.0496. The fourth-order valence-corrected chi connectivity index (χ4v) is 3.58. The molecular weight excluding hydrogens is 460 g/mol. The van der Waals surface area contributed by atoms with E-state index in [1.165, 1.54) is 11.8 Å². The number of ketones is 1. The lowest BCUT2D eigenvalue weighted by molar-refractivity contribution is 0.0985. The molecule has 1 aromatic carbocycles. The number of aryl methyl sites for hydroxylation is 2. The number of nitrogens with one attached hydrogen (secondary N) is 1. The minimum atomic E-state index is -0.600. The summed E-state index contributed by atoms with van der Waals surface area (Å²) in [7, 11) is 1.29. The number of carbonyl (C=O) groups excluding carboxylic acids is 2. The highest BCUT2D eigenvalue weighted by atomic mass is 79.9. The quantitative estimate of drug-likeness (QED) is 0.528. The maximum Gasteiger partial charge on any atom is 0.411 e. The molecule has 0 aliphatic heterocycles. The van der Waals surface area contributed by atoms with E-state index in [4.69, 9.17) is 16.3 Å². The number of rotatable bonds is 5. The van der Waals surface area contributed by atoms with E-state index in [-0.39, 0.29) is 12.2 Å². The van der Waals surface area contributed by atoms with Gasteiger partial charge in [-0.1, -0.05) is 17.7 Å². The van der Waals surface area contributed by atoms with E-state index in [9.17, 15) is 9.59 Å². The van der Waals surface area contributed by atoms with E-state index < -0.39 is 6.09 Å². The number of halogens is 2. The van der Waals surface area contributed by atoms with Gasteiger partial charge in [0.05, 0.1) is 12.1 Å². The van der Waals surface area contributed by atoms with Crippen molar-refractivity contribution < 1.29 is 14.3 Å². The van der Waals surface area contributed by atoms with Crippen LogP contribution in [0.15, 0.2) is 41.1 Å². The number of aromatic nitrogens is 3. The summed E-state index contributed by atoms with van der Waals surface area (Å²) in [6.45, 7) is 3.80. The van der Waals surface area contributed by atoms with Gasteiger partial charge in [-0.2, -0.15) is 5.10 Å². The maximum atomic E-state index is 13.2. The van der Waals surface area contributed by atoms with Crippen LogP contribution in [-0.2, 0) is 11.2 Å². The summed E-state index contributed by atoms with van der Waals surface area (Å²) in [4.78, 5) is 29.1. The normalized spacial score (nSPS) is 10.7. The van der Waals surface area contributed by atoms with Crippen LogP contribution in [0.5, 0.6) is 0 Å². The zero-order valence-corrected chi connectivity index (χ0v) is 18.3. The summed E-state index contributed by atoms with van der Waals surface area (Å²) in [5, 5.41) is 7.35. The number of methoxy groups -OCH3 is 1. The number of anilines is 1. The van der Waals surface area contributed by atoms with Crippen LogP contribution in [0.25, 0.3) is 5.82 Å². The molecule has 1 amide bonds. The Morgan fingerprint density at radius 1 is 1.28 bits per heavy atom. The molecule has 1 N–H and O–H groups in total. The number of benzene rings is 1. The molecule has 150 valence electrons. The first kappa shape index (κ1) is 21.0. The van der Waals surface area contributed by atoms with Crippen LogP contribution in [0.1, 0.15) is 27.2 Å². The van der Waals surface area contributed by atoms with Crippen LogP contribution >= 0.6 is 27.5 Å². The van der Waals surface area contributed by atoms with Gasteiger partial charge in [-0.3, -0.25) is 10.1 Å². The molecule has 0 atom stereocenters. The van der Waals surface area contributed by atoms with E-state index in [0.717, 1.165) is 11.1 Å². The van der Waals surface area contributed by atoms with Crippen LogP contribution in [0.2, 0.25) is 5.02 Å². The van der Waals surface area contributed by atoms with E-state index in [1.54, 1.807) is 30.5 Å². The van der Waals surface area contributed by atoms with Crippen molar-refractivity contribution in [2.24, 2.45) is 0 Å². The monoisotopic (exact) mass is 476 g/mol. The number of pyridine rings is 1. The highest BCUT2D eigenvalue weighted by Gasteiger charge is 2.21. The lowest BCUT2D eigenvalue weighted by Crippen LogP contribution is -2.17. The second-order valence-corrected chi connectivity index (χ2v) is 7.62. The molecule has 0 aliphatic carbocycles. The summed E-state index contributed by atoms with van der Waals surface area (Å²) in [6, 6.07) is 8.75. The van der Waals surface area contributed by atoms with Gasteiger partial charge < -0.3 is 4.74 Å². The van der Waals surface area contributed by atoms with E-state index in [1.807, 2.05) is 19.9 Å². The third-order valence-electron chi connectivity index (χ3n) is 4.28. The van der Waals surface area contributed by atoms with Crippen molar-refractivity contribution in [3.63, 3.8) is 0 Å². The molecule has 9 heteroatoms. The molecule has 0 radical (unpaired) electrons. The van der Waals surface area contributed by atoms with Crippen LogP contribution in [-0.4, -0.2) is 33.8 Å². The lowest BCUT2D eigenvalue weighted by atomic mass is 9.97. The van der Waals surface area contributed by atoms with Crippen molar-refractivity contribution in [2.45, 2.75) is 20.3 Å². The molecular formula is C20H18BrClN4O3. The predicted octanol–water partition coefficient (Wildman–Crippen LogP) is 4.90. The SMILES string of the molecule is COC(=O)Nc1cc(C)cc(C)c1CC(=O)c1cc(Br)nn1-c1ncccc1Cl. The van der Waals surface area contributed by atoms with Gasteiger partial charge in [0.15, 0.2) is 11.6 Å². The molecule has 7 nitrogen and oxygen atoms in total. The summed E-state index contributed by atoms with van der Waals surface area (Å²) >= 11 is 9.55. The van der Waals surface area contributed by atoms with Gasteiger partial charge in [-0.15, -0.1) is 0 Å². The van der Waals surface area contributed by atoms with Gasteiger partial charge in [0.1, 0.15) is 10.3 Å². The molecule has 3 aromatic rings. The van der Waals surface area contributed by atoms with Crippen molar-refractivity contribution in [2.75, 3.05) is 12.4 Å². The topological polar surface area (TPSA) is 86.1 Å². The van der Waals surface area contributed by atoms with Gasteiger partial charge in [-0.25, -0.2) is 14.5 Å². The second-order valence-electron chi connectivity index (χ2n) is 6.40. The number of Topliss-reactive ketones (excluding diaryl/α,β-unsaturated/α-hetero) is 1. The van der Waals surface area contributed by atoms with E-state index >= 15 is 0 Å². The number of hydrogen-bond donors (Lipinski definition) is 1. The van der Waals surface area contributed by atoms with Crippen molar-refractivity contribution in [1.29, 1.82) is 0 Å². The summed E-state index contributed by atoms with van der Waals surface area (Å²) in [5.41, 5.74) is 3.39. The van der Waals surface area contributed by atoms with Crippen molar-refractivity contribution in [3.05, 3.63) is 68.5 Å². The Bertz CT molecular complexity index is 1100. The van der Waals surface area contributed by atoms with E-state index in [2.05, 4.69) is 31.3 Å². The smallest absolute Gasteiger partial charge is 0.411 e. The van der Waals surface area contributed by atoms with Crippen LogP contribution in [0.4, 0.5) is 10.5 Å². The number of ether oxygens (including phenoxy) is 1. The number of nitrogens with zero attached hydrogens (tertiary/aromatic N) is 3. The van der Waals surface area contributed by atoms with Crippen LogP contribution in [0, 0.1) is 13.8 Å². The maximum absolute atomic E-state index is 13.2. The average Bonchev–Trinajstić information content (AvgIpc) is 3.06. The minimum Gasteiger partial charge on any atom is -0.453 e. The van der Waals surface area contributed by atoms with Crippen LogP contribution in [0.3, 0.4) is 0 Å². The first-order chi connectivity index (χ1) is 13.8. The van der Waals surface area contributed by atoms with Crippen LogP contribution < -0.4 is 5.32 Å². The predicted molar refractivity (Wildman–Crippen MR) is 114 cm³/mol. The molecule has 29 heavy (non-hydrogen) atoms. The average molecular weight is 478 g/mol. The lowest BCUT2D eigenvalue weighted by Gasteiger charge is -2.15. The molecule has 2 aromatic heterocycles. The summed E-state index contributed by atoms with van der Waals surface area (Å²) in [6.07, 6.45) is 1.03. The molecule has 0 aliphatic rings. The largest absolute Gasteiger partial charge is 0.453 e.